The molecule has 0 saturated carbocycles. The smallest absolute Gasteiger partial charge is 0.230 e. The van der Waals surface area contributed by atoms with Crippen molar-refractivity contribution in [3.8, 4) is 0 Å². The van der Waals surface area contributed by atoms with Crippen LogP contribution in [-0.4, -0.2) is 28.4 Å². The first-order chi connectivity index (χ1) is 14.1. The standard InChI is InChI=1S/C22H26N4OS2/c1-16(2)19-10-8-17(9-11-19)12-13-23-20(27)15-28-22-26-25-21(29-22)24-14-18-6-4-3-5-7-18/h3-11,16H,12-15H2,1-2H3,(H,23,27)(H,24,25). The van der Waals surface area contributed by atoms with Gasteiger partial charge < -0.3 is 10.6 Å². The summed E-state index contributed by atoms with van der Waals surface area (Å²) >= 11 is 2.88. The Hall–Kier alpha value is -2.38. The number of amides is 1. The lowest BCUT2D eigenvalue weighted by Gasteiger charge is -2.07. The maximum absolute atomic E-state index is 12.1. The molecule has 3 rings (SSSR count). The lowest BCUT2D eigenvalue weighted by molar-refractivity contribution is -0.118. The summed E-state index contributed by atoms with van der Waals surface area (Å²) < 4.78 is 0.792. The first kappa shape index (κ1) is 21.3. The minimum absolute atomic E-state index is 0.0165. The highest BCUT2D eigenvalue weighted by atomic mass is 32.2. The third-order valence-corrected chi connectivity index (χ3v) is 6.42. The average Bonchev–Trinajstić information content (AvgIpc) is 3.20. The summed E-state index contributed by atoms with van der Waals surface area (Å²) in [6.45, 7) is 5.72. The maximum Gasteiger partial charge on any atom is 0.230 e. The molecule has 0 aliphatic rings. The minimum Gasteiger partial charge on any atom is -0.356 e. The summed E-state index contributed by atoms with van der Waals surface area (Å²) in [4.78, 5) is 12.1. The van der Waals surface area contributed by atoms with E-state index in [1.54, 1.807) is 0 Å². The molecule has 5 nitrogen and oxygen atoms in total. The van der Waals surface area contributed by atoms with Crippen LogP contribution >= 0.6 is 23.1 Å². The predicted octanol–water partition coefficient (Wildman–Crippen LogP) is 4.72. The molecule has 0 saturated heterocycles. The van der Waals surface area contributed by atoms with Gasteiger partial charge in [-0.1, -0.05) is 91.5 Å². The summed E-state index contributed by atoms with van der Waals surface area (Å²) in [5.41, 5.74) is 3.76. The van der Waals surface area contributed by atoms with Crippen molar-refractivity contribution in [1.82, 2.24) is 15.5 Å². The quantitative estimate of drug-likeness (QED) is 0.459. The van der Waals surface area contributed by atoms with Crippen molar-refractivity contribution < 1.29 is 4.79 Å². The molecule has 0 aliphatic heterocycles. The lowest BCUT2D eigenvalue weighted by Crippen LogP contribution is -2.27. The minimum atomic E-state index is 0.0165. The Morgan fingerprint density at radius 2 is 1.79 bits per heavy atom. The number of aromatic nitrogens is 2. The van der Waals surface area contributed by atoms with E-state index in [2.05, 4.69) is 71.1 Å². The van der Waals surface area contributed by atoms with Gasteiger partial charge in [-0.05, 0) is 29.0 Å². The number of anilines is 1. The summed E-state index contributed by atoms with van der Waals surface area (Å²) in [5, 5.41) is 15.3. The summed E-state index contributed by atoms with van der Waals surface area (Å²) in [6, 6.07) is 18.8. The number of hydrogen-bond donors (Lipinski definition) is 2. The molecule has 1 heterocycles. The Labute approximate surface area is 180 Å². The fourth-order valence-electron chi connectivity index (χ4n) is 2.71. The highest BCUT2D eigenvalue weighted by Crippen LogP contribution is 2.25. The maximum atomic E-state index is 12.1. The molecule has 3 aromatic rings. The van der Waals surface area contributed by atoms with E-state index in [1.807, 2.05) is 18.2 Å². The molecule has 0 radical (unpaired) electrons. The van der Waals surface area contributed by atoms with Gasteiger partial charge >= 0.3 is 0 Å². The molecular weight excluding hydrogens is 400 g/mol. The van der Waals surface area contributed by atoms with E-state index in [9.17, 15) is 4.79 Å². The van der Waals surface area contributed by atoms with Gasteiger partial charge in [0.1, 0.15) is 0 Å². The normalized spacial score (nSPS) is 10.9. The summed E-state index contributed by atoms with van der Waals surface area (Å²) in [6.07, 6.45) is 0.834. The highest BCUT2D eigenvalue weighted by molar-refractivity contribution is 8.01. The van der Waals surface area contributed by atoms with Gasteiger partial charge in [0.25, 0.3) is 0 Å². The number of benzene rings is 2. The molecule has 7 heteroatoms. The van der Waals surface area contributed by atoms with Crippen LogP contribution in [0.4, 0.5) is 5.13 Å². The molecule has 0 fully saturated rings. The topological polar surface area (TPSA) is 66.9 Å². The fourth-order valence-corrected chi connectivity index (χ4v) is 4.28. The van der Waals surface area contributed by atoms with E-state index in [1.165, 1.54) is 39.8 Å². The van der Waals surface area contributed by atoms with Crippen LogP contribution < -0.4 is 10.6 Å². The van der Waals surface area contributed by atoms with Gasteiger partial charge in [-0.25, -0.2) is 0 Å². The van der Waals surface area contributed by atoms with E-state index in [4.69, 9.17) is 0 Å². The largest absolute Gasteiger partial charge is 0.356 e. The molecule has 0 bridgehead atoms. The Morgan fingerprint density at radius 1 is 1.03 bits per heavy atom. The van der Waals surface area contributed by atoms with E-state index in [0.717, 1.165) is 15.9 Å². The van der Waals surface area contributed by atoms with Crippen LogP contribution in [0, 0.1) is 0 Å². The molecule has 0 unspecified atom stereocenters. The van der Waals surface area contributed by atoms with Crippen molar-refractivity contribution >= 4 is 34.1 Å². The van der Waals surface area contributed by atoms with Crippen LogP contribution in [0.15, 0.2) is 58.9 Å². The lowest BCUT2D eigenvalue weighted by atomic mass is 10.0. The second-order valence-electron chi connectivity index (χ2n) is 7.00. The van der Waals surface area contributed by atoms with Crippen molar-refractivity contribution in [2.45, 2.75) is 37.1 Å². The Kier molecular flexibility index (Phi) is 8.07. The number of nitrogens with one attached hydrogen (secondary N) is 2. The molecular formula is C22H26N4OS2. The van der Waals surface area contributed by atoms with E-state index in [0.29, 0.717) is 24.8 Å². The van der Waals surface area contributed by atoms with Gasteiger partial charge in [0.05, 0.1) is 5.75 Å². The predicted molar refractivity (Wildman–Crippen MR) is 122 cm³/mol. The number of nitrogens with zero attached hydrogens (tertiary/aromatic N) is 2. The first-order valence-corrected chi connectivity index (χ1v) is 11.5. The summed E-state index contributed by atoms with van der Waals surface area (Å²) in [7, 11) is 0. The van der Waals surface area contributed by atoms with Crippen LogP contribution in [0.3, 0.4) is 0 Å². The van der Waals surface area contributed by atoms with Gasteiger partial charge in [0.2, 0.25) is 11.0 Å². The summed E-state index contributed by atoms with van der Waals surface area (Å²) in [5.74, 6) is 0.901. The van der Waals surface area contributed by atoms with E-state index >= 15 is 0 Å². The first-order valence-electron chi connectivity index (χ1n) is 9.70. The monoisotopic (exact) mass is 426 g/mol. The van der Waals surface area contributed by atoms with Crippen LogP contribution in [0.2, 0.25) is 0 Å². The molecule has 0 spiro atoms. The van der Waals surface area contributed by atoms with Crippen molar-refractivity contribution in [2.24, 2.45) is 0 Å². The van der Waals surface area contributed by atoms with Gasteiger partial charge in [0.15, 0.2) is 4.34 Å². The molecule has 2 aromatic carbocycles. The number of rotatable bonds is 10. The molecule has 1 amide bonds. The Bertz CT molecular complexity index is 895. The van der Waals surface area contributed by atoms with Crippen LogP contribution in [0.1, 0.15) is 36.5 Å². The van der Waals surface area contributed by atoms with Crippen molar-refractivity contribution in [3.63, 3.8) is 0 Å². The number of hydrogen-bond acceptors (Lipinski definition) is 6. The highest BCUT2D eigenvalue weighted by Gasteiger charge is 2.08. The van der Waals surface area contributed by atoms with Gasteiger partial charge in [-0.2, -0.15) is 0 Å². The zero-order chi connectivity index (χ0) is 20.5. The molecule has 1 aromatic heterocycles. The molecule has 0 atom stereocenters. The third kappa shape index (κ3) is 7.18. The number of carbonyl (C=O) groups is 1. The van der Waals surface area contributed by atoms with Gasteiger partial charge in [0, 0.05) is 13.1 Å². The van der Waals surface area contributed by atoms with Crippen molar-refractivity contribution in [3.05, 3.63) is 71.3 Å². The fraction of sp³-hybridized carbons (Fsp3) is 0.318. The van der Waals surface area contributed by atoms with Gasteiger partial charge in [-0.3, -0.25) is 4.79 Å². The third-order valence-electron chi connectivity index (χ3n) is 4.40. The second-order valence-corrected chi connectivity index (χ2v) is 9.20. The van der Waals surface area contributed by atoms with E-state index in [-0.39, 0.29) is 5.91 Å². The Balaban J connectivity index is 1.34. The molecule has 152 valence electrons. The van der Waals surface area contributed by atoms with Crippen molar-refractivity contribution in [1.29, 1.82) is 0 Å². The van der Waals surface area contributed by atoms with E-state index < -0.39 is 0 Å². The second kappa shape index (κ2) is 11.0. The van der Waals surface area contributed by atoms with Crippen molar-refractivity contribution in [2.75, 3.05) is 17.6 Å². The van der Waals surface area contributed by atoms with Crippen LogP contribution in [-0.2, 0) is 17.8 Å². The SMILES string of the molecule is CC(C)c1ccc(CCNC(=O)CSc2nnc(NCc3ccccc3)s2)cc1. The van der Waals surface area contributed by atoms with Crippen LogP contribution in [0.5, 0.6) is 0 Å². The molecule has 2 N–H and O–H groups in total. The molecule has 29 heavy (non-hydrogen) atoms. The number of thioether (sulfide) groups is 1. The van der Waals surface area contributed by atoms with Gasteiger partial charge in [-0.15, -0.1) is 10.2 Å². The van der Waals surface area contributed by atoms with Crippen LogP contribution in [0.25, 0.3) is 0 Å². The average molecular weight is 427 g/mol. The zero-order valence-electron chi connectivity index (χ0n) is 16.7. The zero-order valence-corrected chi connectivity index (χ0v) is 18.4. The molecule has 0 aliphatic carbocycles. The Morgan fingerprint density at radius 3 is 2.52 bits per heavy atom. The number of carbonyl (C=O) groups excluding carboxylic acids is 1.